The van der Waals surface area contributed by atoms with Crippen LogP contribution in [0, 0.1) is 0 Å². The third kappa shape index (κ3) is 17.9. The van der Waals surface area contributed by atoms with E-state index < -0.39 is 4.98 Å². The summed E-state index contributed by atoms with van der Waals surface area (Å²) in [5.41, 5.74) is 0. The minimum atomic E-state index is -1.58. The molecular formula is C24H54P2Se. The molecule has 0 fully saturated rings. The number of unbranched alkanes of at least 4 members (excludes halogenated alkanes) is 15. The molecule has 0 saturated heterocycles. The fourth-order valence-electron chi connectivity index (χ4n) is 4.17. The molecular weight excluding hydrogens is 429 g/mol. The molecule has 27 heavy (non-hydrogen) atoms. The maximum absolute atomic E-state index is 3.50. The molecule has 0 aromatic rings. The molecule has 0 aromatic heterocycles. The predicted molar refractivity (Wildman–Crippen MR) is 139 cm³/mol. The Labute approximate surface area is 184 Å². The van der Waals surface area contributed by atoms with Gasteiger partial charge in [0.1, 0.15) is 0 Å². The molecule has 0 spiro atoms. The first-order valence-electron chi connectivity index (χ1n) is 12.5. The zero-order valence-electron chi connectivity index (χ0n) is 19.3. The van der Waals surface area contributed by atoms with E-state index in [2.05, 4.69) is 45.3 Å². The van der Waals surface area contributed by atoms with Crippen LogP contribution in [-0.4, -0.2) is 34.1 Å². The van der Waals surface area contributed by atoms with E-state index in [-0.39, 0.29) is 0 Å². The average molecular weight is 484 g/mol. The fourth-order valence-corrected chi connectivity index (χ4v) is 12.1. The summed E-state index contributed by atoms with van der Waals surface area (Å²) in [4.78, 5) is -1.58. The average Bonchev–Trinajstić information content (AvgIpc) is 2.64. The van der Waals surface area contributed by atoms with Crippen molar-refractivity contribution in [2.24, 2.45) is 0 Å². The van der Waals surface area contributed by atoms with Crippen molar-refractivity contribution in [3.05, 3.63) is 0 Å². The van der Waals surface area contributed by atoms with Crippen LogP contribution in [0.2, 0.25) is 0 Å². The summed E-state index contributed by atoms with van der Waals surface area (Å²) in [6.07, 6.45) is 30.6. The Morgan fingerprint density at radius 3 is 0.926 bits per heavy atom. The second-order valence-electron chi connectivity index (χ2n) is 9.23. The maximum atomic E-state index is 3.50. The van der Waals surface area contributed by atoms with Crippen molar-refractivity contribution < 1.29 is 0 Å². The number of hydrogen-bond acceptors (Lipinski definition) is 0. The molecule has 0 heterocycles. The van der Waals surface area contributed by atoms with Crippen LogP contribution in [0.3, 0.4) is 0 Å². The Morgan fingerprint density at radius 2 is 0.667 bits per heavy atom. The SMILES string of the molecule is CCCCCCCCP(P)([SeH])(CCCCCCCC)CCCCCCCC. The van der Waals surface area contributed by atoms with Gasteiger partial charge in [0.05, 0.1) is 0 Å². The molecule has 1 unspecified atom stereocenters. The molecule has 0 aliphatic rings. The molecule has 0 aromatic carbocycles. The Morgan fingerprint density at radius 1 is 0.444 bits per heavy atom. The first-order chi connectivity index (χ1) is 13.0. The van der Waals surface area contributed by atoms with Crippen LogP contribution in [-0.2, 0) is 0 Å². The Bertz CT molecular complexity index is 270. The molecule has 0 saturated carbocycles. The summed E-state index contributed by atoms with van der Waals surface area (Å²) in [6, 6.07) is 0. The van der Waals surface area contributed by atoms with Crippen molar-refractivity contribution in [2.75, 3.05) is 18.5 Å². The van der Waals surface area contributed by atoms with Crippen molar-refractivity contribution in [1.82, 2.24) is 0 Å². The third-order valence-corrected chi connectivity index (χ3v) is 16.5. The summed E-state index contributed by atoms with van der Waals surface area (Å²) < 4.78 is 0. The molecule has 0 aliphatic heterocycles. The fraction of sp³-hybridized carbons (Fsp3) is 1.00. The monoisotopic (exact) mass is 484 g/mol. The van der Waals surface area contributed by atoms with E-state index in [1.165, 1.54) is 134 Å². The quantitative estimate of drug-likeness (QED) is 0.0867. The van der Waals surface area contributed by atoms with Crippen molar-refractivity contribution in [2.45, 2.75) is 136 Å². The number of hydrogen-bond donors (Lipinski definition) is 0. The second-order valence-corrected chi connectivity index (χ2v) is 27.8. The zero-order chi connectivity index (χ0) is 20.3. The predicted octanol–water partition coefficient (Wildman–Crippen LogP) is 9.23. The Hall–Kier alpha value is 1.38. The van der Waals surface area contributed by atoms with Crippen LogP contribution >= 0.6 is 13.9 Å². The van der Waals surface area contributed by atoms with Gasteiger partial charge in [-0.1, -0.05) is 0 Å². The molecule has 0 radical (unpaired) electrons. The Balaban J connectivity index is 4.29. The first-order valence-corrected chi connectivity index (χ1v) is 19.4. The normalized spacial score (nSPS) is 13.6. The van der Waals surface area contributed by atoms with E-state index >= 15 is 0 Å². The van der Waals surface area contributed by atoms with Crippen LogP contribution in [0.1, 0.15) is 136 Å². The summed E-state index contributed by atoms with van der Waals surface area (Å²) in [6.45, 7) is 6.96. The Kier molecular flexibility index (Phi) is 19.1. The zero-order valence-corrected chi connectivity index (χ0v) is 23.2. The van der Waals surface area contributed by atoms with Gasteiger partial charge in [0.2, 0.25) is 0 Å². The van der Waals surface area contributed by atoms with Gasteiger partial charge in [-0.15, -0.1) is 0 Å². The number of rotatable bonds is 21. The van der Waals surface area contributed by atoms with Crippen molar-refractivity contribution in [1.29, 1.82) is 0 Å². The van der Waals surface area contributed by atoms with Gasteiger partial charge in [0.25, 0.3) is 0 Å². The summed E-state index contributed by atoms with van der Waals surface area (Å²) in [5.74, 6) is 0. The molecule has 0 aliphatic carbocycles. The van der Waals surface area contributed by atoms with Crippen LogP contribution in [0.4, 0.5) is 0 Å². The molecule has 166 valence electrons. The van der Waals surface area contributed by atoms with Gasteiger partial charge >= 0.3 is 184 Å². The summed E-state index contributed by atoms with van der Waals surface area (Å²) in [7, 11) is 3.50. The topological polar surface area (TPSA) is 0 Å². The molecule has 0 nitrogen and oxygen atoms in total. The van der Waals surface area contributed by atoms with Gasteiger partial charge < -0.3 is 0 Å². The van der Waals surface area contributed by atoms with Gasteiger partial charge in [0.15, 0.2) is 0 Å². The van der Waals surface area contributed by atoms with E-state index in [1.807, 2.05) is 0 Å². The van der Waals surface area contributed by atoms with Gasteiger partial charge in [-0.05, 0) is 0 Å². The van der Waals surface area contributed by atoms with Crippen LogP contribution in [0.25, 0.3) is 0 Å². The molecule has 1 atom stereocenters. The van der Waals surface area contributed by atoms with Crippen molar-refractivity contribution in [3.63, 3.8) is 0 Å². The summed E-state index contributed by atoms with van der Waals surface area (Å²) >= 11 is 3.30. The van der Waals surface area contributed by atoms with Gasteiger partial charge in [-0.25, -0.2) is 0 Å². The van der Waals surface area contributed by atoms with Gasteiger partial charge in [-0.2, -0.15) is 0 Å². The van der Waals surface area contributed by atoms with Crippen LogP contribution in [0.15, 0.2) is 0 Å². The van der Waals surface area contributed by atoms with E-state index in [4.69, 9.17) is 0 Å². The molecule has 0 N–H and O–H groups in total. The minimum absolute atomic E-state index is 1.36. The van der Waals surface area contributed by atoms with Crippen LogP contribution in [0.5, 0.6) is 0 Å². The van der Waals surface area contributed by atoms with E-state index in [0.29, 0.717) is 0 Å². The van der Waals surface area contributed by atoms with Gasteiger partial charge in [0, 0.05) is 0 Å². The summed E-state index contributed by atoms with van der Waals surface area (Å²) in [5, 5.41) is 0. The molecule has 0 bridgehead atoms. The van der Waals surface area contributed by atoms with Crippen molar-refractivity contribution >= 4 is 29.5 Å². The molecule has 0 rings (SSSR count). The van der Waals surface area contributed by atoms with Crippen molar-refractivity contribution in [3.8, 4) is 0 Å². The second kappa shape index (κ2) is 18.2. The third-order valence-electron chi connectivity index (χ3n) is 6.17. The van der Waals surface area contributed by atoms with E-state index in [1.54, 1.807) is 0 Å². The van der Waals surface area contributed by atoms with E-state index in [0.717, 1.165) is 0 Å². The van der Waals surface area contributed by atoms with Gasteiger partial charge in [-0.3, -0.25) is 0 Å². The van der Waals surface area contributed by atoms with Crippen LogP contribution < -0.4 is 0 Å². The van der Waals surface area contributed by atoms with E-state index in [9.17, 15) is 0 Å². The molecule has 3 heteroatoms. The standard InChI is InChI=1S/C24H54P2Se/c1-4-7-10-13-16-19-22-26(25,27,23-20-17-14-11-8-5-2)24-21-18-15-12-9-6-3/h27H,4-25H2,1-3H3. The first kappa shape index (κ1) is 28.4. The molecule has 0 amide bonds.